The molecule has 0 aliphatic heterocycles. The van der Waals surface area contributed by atoms with E-state index in [9.17, 15) is 9.50 Å². The molecule has 2 rings (SSSR count). The highest BCUT2D eigenvalue weighted by Crippen LogP contribution is 2.24. The third-order valence-electron chi connectivity index (χ3n) is 2.19. The molecule has 3 nitrogen and oxygen atoms in total. The van der Waals surface area contributed by atoms with Crippen molar-refractivity contribution in [1.82, 2.24) is 9.78 Å². The average molecular weight is 206 g/mol. The second-order valence-corrected chi connectivity index (χ2v) is 3.23. The molecule has 1 N–H and O–H groups in total. The SMILES string of the molecule is CCn1nccc1-c1cc(O)cc(F)c1. The van der Waals surface area contributed by atoms with E-state index in [-0.39, 0.29) is 5.75 Å². The molecule has 0 amide bonds. The highest BCUT2D eigenvalue weighted by atomic mass is 19.1. The lowest BCUT2D eigenvalue weighted by molar-refractivity contribution is 0.469. The summed E-state index contributed by atoms with van der Waals surface area (Å²) >= 11 is 0. The minimum atomic E-state index is -0.450. The Labute approximate surface area is 86.8 Å². The van der Waals surface area contributed by atoms with E-state index in [2.05, 4.69) is 5.10 Å². The van der Waals surface area contributed by atoms with Gasteiger partial charge in [-0.05, 0) is 25.1 Å². The molecule has 0 fully saturated rings. The summed E-state index contributed by atoms with van der Waals surface area (Å²) < 4.78 is 14.8. The number of phenols is 1. The summed E-state index contributed by atoms with van der Waals surface area (Å²) in [5.41, 5.74) is 1.43. The number of aryl methyl sites for hydroxylation is 1. The summed E-state index contributed by atoms with van der Waals surface area (Å²) in [4.78, 5) is 0. The lowest BCUT2D eigenvalue weighted by atomic mass is 10.1. The molecular weight excluding hydrogens is 195 g/mol. The summed E-state index contributed by atoms with van der Waals surface area (Å²) in [5.74, 6) is -0.525. The zero-order valence-corrected chi connectivity index (χ0v) is 8.31. The molecule has 0 saturated heterocycles. The second kappa shape index (κ2) is 3.73. The van der Waals surface area contributed by atoms with Gasteiger partial charge in [-0.3, -0.25) is 4.68 Å². The van der Waals surface area contributed by atoms with Crippen molar-refractivity contribution < 1.29 is 9.50 Å². The number of aromatic hydroxyl groups is 1. The number of rotatable bonds is 2. The molecule has 0 atom stereocenters. The summed E-state index contributed by atoms with van der Waals surface area (Å²) in [6, 6.07) is 5.77. The number of aromatic nitrogens is 2. The third kappa shape index (κ3) is 1.83. The van der Waals surface area contributed by atoms with Gasteiger partial charge in [0, 0.05) is 24.4 Å². The van der Waals surface area contributed by atoms with Crippen LogP contribution in [0, 0.1) is 5.82 Å². The first-order valence-corrected chi connectivity index (χ1v) is 4.72. The van der Waals surface area contributed by atoms with Crippen molar-refractivity contribution in [2.24, 2.45) is 0 Å². The fourth-order valence-corrected chi connectivity index (χ4v) is 1.55. The molecule has 78 valence electrons. The van der Waals surface area contributed by atoms with Crippen LogP contribution in [0.25, 0.3) is 11.3 Å². The Kier molecular flexibility index (Phi) is 2.41. The molecule has 4 heteroatoms. The quantitative estimate of drug-likeness (QED) is 0.819. The van der Waals surface area contributed by atoms with E-state index in [4.69, 9.17) is 0 Å². The molecule has 0 unspecified atom stereocenters. The predicted molar refractivity (Wildman–Crippen MR) is 55.0 cm³/mol. The molecule has 0 bridgehead atoms. The lowest BCUT2D eigenvalue weighted by Crippen LogP contribution is -1.98. The molecule has 1 heterocycles. The van der Waals surface area contributed by atoms with Crippen LogP contribution in [0.3, 0.4) is 0 Å². The number of hydrogen-bond acceptors (Lipinski definition) is 2. The minimum Gasteiger partial charge on any atom is -0.508 e. The molecule has 15 heavy (non-hydrogen) atoms. The van der Waals surface area contributed by atoms with E-state index in [1.54, 1.807) is 16.9 Å². The Morgan fingerprint density at radius 3 is 2.87 bits per heavy atom. The van der Waals surface area contributed by atoms with Gasteiger partial charge in [-0.1, -0.05) is 0 Å². The topological polar surface area (TPSA) is 38.0 Å². The van der Waals surface area contributed by atoms with Crippen molar-refractivity contribution in [3.05, 3.63) is 36.3 Å². The zero-order valence-electron chi connectivity index (χ0n) is 8.31. The number of hydrogen-bond donors (Lipinski definition) is 1. The smallest absolute Gasteiger partial charge is 0.127 e. The number of nitrogens with zero attached hydrogens (tertiary/aromatic N) is 2. The fraction of sp³-hybridized carbons (Fsp3) is 0.182. The first kappa shape index (κ1) is 9.71. The van der Waals surface area contributed by atoms with Crippen LogP contribution in [-0.4, -0.2) is 14.9 Å². The number of halogens is 1. The Morgan fingerprint density at radius 1 is 1.40 bits per heavy atom. The van der Waals surface area contributed by atoms with Gasteiger partial charge in [0.2, 0.25) is 0 Å². The standard InChI is InChI=1S/C11H11FN2O/c1-2-14-11(3-4-13-14)8-5-9(12)7-10(15)6-8/h3-7,15H,2H2,1H3. The van der Waals surface area contributed by atoms with E-state index in [1.165, 1.54) is 12.1 Å². The van der Waals surface area contributed by atoms with Crippen LogP contribution in [0.1, 0.15) is 6.92 Å². The summed E-state index contributed by atoms with van der Waals surface area (Å²) in [7, 11) is 0. The van der Waals surface area contributed by atoms with Gasteiger partial charge in [0.15, 0.2) is 0 Å². The molecular formula is C11H11FN2O. The van der Waals surface area contributed by atoms with E-state index in [0.717, 1.165) is 11.8 Å². The normalized spacial score (nSPS) is 10.5. The maximum absolute atomic E-state index is 13.1. The van der Waals surface area contributed by atoms with Gasteiger partial charge in [0.25, 0.3) is 0 Å². The van der Waals surface area contributed by atoms with E-state index < -0.39 is 5.82 Å². The van der Waals surface area contributed by atoms with E-state index >= 15 is 0 Å². The van der Waals surface area contributed by atoms with Gasteiger partial charge < -0.3 is 5.11 Å². The van der Waals surface area contributed by atoms with Gasteiger partial charge in [0.05, 0.1) is 5.69 Å². The van der Waals surface area contributed by atoms with Crippen molar-refractivity contribution in [3.8, 4) is 17.0 Å². The molecule has 1 aromatic carbocycles. The summed E-state index contributed by atoms with van der Waals surface area (Å²) in [6.45, 7) is 2.66. The van der Waals surface area contributed by atoms with Crippen molar-refractivity contribution in [1.29, 1.82) is 0 Å². The first-order chi connectivity index (χ1) is 7.20. The lowest BCUT2D eigenvalue weighted by Gasteiger charge is -2.05. The van der Waals surface area contributed by atoms with Crippen LogP contribution in [0.15, 0.2) is 30.5 Å². The minimum absolute atomic E-state index is 0.0751. The third-order valence-corrected chi connectivity index (χ3v) is 2.19. The largest absolute Gasteiger partial charge is 0.508 e. The highest BCUT2D eigenvalue weighted by molar-refractivity contribution is 5.61. The molecule has 0 spiro atoms. The van der Waals surface area contributed by atoms with Crippen molar-refractivity contribution in [2.45, 2.75) is 13.5 Å². The Morgan fingerprint density at radius 2 is 2.20 bits per heavy atom. The maximum Gasteiger partial charge on any atom is 0.127 e. The zero-order chi connectivity index (χ0) is 10.8. The Bertz CT molecular complexity index is 459. The Hall–Kier alpha value is -1.84. The maximum atomic E-state index is 13.1. The molecule has 0 aliphatic rings. The fourth-order valence-electron chi connectivity index (χ4n) is 1.55. The highest BCUT2D eigenvalue weighted by Gasteiger charge is 2.06. The van der Waals surface area contributed by atoms with E-state index in [1.807, 2.05) is 6.92 Å². The predicted octanol–water partition coefficient (Wildman–Crippen LogP) is 2.41. The first-order valence-electron chi connectivity index (χ1n) is 4.72. The van der Waals surface area contributed by atoms with Crippen LogP contribution < -0.4 is 0 Å². The van der Waals surface area contributed by atoms with Crippen LogP contribution in [0.4, 0.5) is 4.39 Å². The molecule has 0 radical (unpaired) electrons. The summed E-state index contributed by atoms with van der Waals surface area (Å²) in [5, 5.41) is 13.4. The summed E-state index contributed by atoms with van der Waals surface area (Å²) in [6.07, 6.45) is 1.65. The van der Waals surface area contributed by atoms with E-state index in [0.29, 0.717) is 12.1 Å². The monoisotopic (exact) mass is 206 g/mol. The van der Waals surface area contributed by atoms with Crippen LogP contribution in [0.5, 0.6) is 5.75 Å². The molecule has 0 aliphatic carbocycles. The van der Waals surface area contributed by atoms with Gasteiger partial charge >= 0.3 is 0 Å². The van der Waals surface area contributed by atoms with Crippen molar-refractivity contribution in [3.63, 3.8) is 0 Å². The van der Waals surface area contributed by atoms with Crippen LogP contribution in [0.2, 0.25) is 0 Å². The number of phenolic OH excluding ortho intramolecular Hbond substituents is 1. The van der Waals surface area contributed by atoms with Crippen molar-refractivity contribution >= 4 is 0 Å². The second-order valence-electron chi connectivity index (χ2n) is 3.23. The Balaban J connectivity index is 2.53. The average Bonchev–Trinajstić information content (AvgIpc) is 2.63. The molecule has 2 aromatic rings. The van der Waals surface area contributed by atoms with Crippen LogP contribution >= 0.6 is 0 Å². The molecule has 0 saturated carbocycles. The number of benzene rings is 1. The van der Waals surface area contributed by atoms with Crippen molar-refractivity contribution in [2.75, 3.05) is 0 Å². The molecule has 1 aromatic heterocycles. The van der Waals surface area contributed by atoms with Gasteiger partial charge in [0.1, 0.15) is 11.6 Å². The van der Waals surface area contributed by atoms with Gasteiger partial charge in [-0.25, -0.2) is 4.39 Å². The van der Waals surface area contributed by atoms with Gasteiger partial charge in [-0.2, -0.15) is 5.10 Å². The van der Waals surface area contributed by atoms with Gasteiger partial charge in [-0.15, -0.1) is 0 Å². The van der Waals surface area contributed by atoms with Crippen LogP contribution in [-0.2, 0) is 6.54 Å².